The van der Waals surface area contributed by atoms with Crippen LogP contribution in [0.4, 0.5) is 5.69 Å². The molecule has 0 spiro atoms. The standard InChI is InChI=1S/C22H27ClN2O2/c1-5-25(6-2)22(27)17-9-13-19(14-10-17)24-21(26)20(15(3)4)16-7-11-18(23)12-8-16/h7-15,20H,5-6H2,1-4H3,(H,24,26)/t20-/m0/s1. The first-order valence-electron chi connectivity index (χ1n) is 9.33. The number of carbonyl (C=O) groups excluding carboxylic acids is 2. The summed E-state index contributed by atoms with van der Waals surface area (Å²) in [5.74, 6) is -0.219. The average molecular weight is 387 g/mol. The molecular formula is C22H27ClN2O2. The van der Waals surface area contributed by atoms with E-state index in [2.05, 4.69) is 5.32 Å². The highest BCUT2D eigenvalue weighted by Crippen LogP contribution is 2.27. The van der Waals surface area contributed by atoms with Crippen LogP contribution in [-0.2, 0) is 4.79 Å². The number of anilines is 1. The molecule has 0 saturated heterocycles. The van der Waals surface area contributed by atoms with Crippen LogP contribution in [0.5, 0.6) is 0 Å². The Kier molecular flexibility index (Phi) is 7.43. The minimum Gasteiger partial charge on any atom is -0.339 e. The van der Waals surface area contributed by atoms with Crippen LogP contribution in [0.15, 0.2) is 48.5 Å². The molecule has 0 unspecified atom stereocenters. The lowest BCUT2D eigenvalue weighted by atomic mass is 9.87. The fourth-order valence-corrected chi connectivity index (χ4v) is 3.24. The van der Waals surface area contributed by atoms with Gasteiger partial charge in [0.15, 0.2) is 0 Å². The minimum atomic E-state index is -0.278. The van der Waals surface area contributed by atoms with Gasteiger partial charge < -0.3 is 10.2 Å². The molecule has 27 heavy (non-hydrogen) atoms. The maximum absolute atomic E-state index is 12.8. The SMILES string of the molecule is CCN(CC)C(=O)c1ccc(NC(=O)[C@H](c2ccc(Cl)cc2)C(C)C)cc1. The molecule has 144 valence electrons. The number of benzene rings is 2. The molecule has 0 fully saturated rings. The van der Waals surface area contributed by atoms with Gasteiger partial charge in [-0.25, -0.2) is 0 Å². The van der Waals surface area contributed by atoms with Crippen molar-refractivity contribution < 1.29 is 9.59 Å². The Hall–Kier alpha value is -2.33. The van der Waals surface area contributed by atoms with Gasteiger partial charge in [-0.15, -0.1) is 0 Å². The van der Waals surface area contributed by atoms with Crippen molar-refractivity contribution in [1.82, 2.24) is 4.90 Å². The second-order valence-corrected chi connectivity index (χ2v) is 7.25. The Morgan fingerprint density at radius 2 is 1.52 bits per heavy atom. The third-order valence-electron chi connectivity index (χ3n) is 4.63. The highest BCUT2D eigenvalue weighted by atomic mass is 35.5. The second kappa shape index (κ2) is 9.56. The third kappa shape index (κ3) is 5.33. The molecule has 0 bridgehead atoms. The predicted molar refractivity (Wildman–Crippen MR) is 111 cm³/mol. The molecule has 2 aromatic rings. The average Bonchev–Trinajstić information content (AvgIpc) is 2.64. The first kappa shape index (κ1) is 21.0. The zero-order valence-electron chi connectivity index (χ0n) is 16.3. The number of halogens is 1. The molecule has 5 heteroatoms. The van der Waals surface area contributed by atoms with Gasteiger partial charge in [-0.3, -0.25) is 9.59 Å². The van der Waals surface area contributed by atoms with Gasteiger partial charge in [0.1, 0.15) is 0 Å². The molecule has 0 aliphatic carbocycles. The Morgan fingerprint density at radius 3 is 2.00 bits per heavy atom. The largest absolute Gasteiger partial charge is 0.339 e. The summed E-state index contributed by atoms with van der Waals surface area (Å²) in [5.41, 5.74) is 2.23. The van der Waals surface area contributed by atoms with Crippen molar-refractivity contribution in [3.05, 3.63) is 64.7 Å². The van der Waals surface area contributed by atoms with Crippen molar-refractivity contribution in [2.45, 2.75) is 33.6 Å². The van der Waals surface area contributed by atoms with Crippen LogP contribution < -0.4 is 5.32 Å². The van der Waals surface area contributed by atoms with Crippen LogP contribution >= 0.6 is 11.6 Å². The van der Waals surface area contributed by atoms with E-state index in [1.54, 1.807) is 41.3 Å². The molecule has 2 amide bonds. The van der Waals surface area contributed by atoms with Gasteiger partial charge in [-0.2, -0.15) is 0 Å². The molecule has 0 aliphatic heterocycles. The van der Waals surface area contributed by atoms with E-state index in [9.17, 15) is 9.59 Å². The summed E-state index contributed by atoms with van der Waals surface area (Å²) in [6, 6.07) is 14.4. The molecule has 0 aromatic heterocycles. The number of carbonyl (C=O) groups is 2. The minimum absolute atomic E-state index is 0.000835. The first-order valence-corrected chi connectivity index (χ1v) is 9.70. The van der Waals surface area contributed by atoms with Crippen molar-refractivity contribution in [2.24, 2.45) is 5.92 Å². The summed E-state index contributed by atoms with van der Waals surface area (Å²) in [6.07, 6.45) is 0. The van der Waals surface area contributed by atoms with Crippen LogP contribution in [0.3, 0.4) is 0 Å². The van der Waals surface area contributed by atoms with Crippen molar-refractivity contribution in [3.63, 3.8) is 0 Å². The molecular weight excluding hydrogens is 360 g/mol. The quantitative estimate of drug-likeness (QED) is 0.710. The van der Waals surface area contributed by atoms with Crippen LogP contribution in [0.1, 0.15) is 49.5 Å². The second-order valence-electron chi connectivity index (χ2n) is 6.82. The summed E-state index contributed by atoms with van der Waals surface area (Å²) in [7, 11) is 0. The fraction of sp³-hybridized carbons (Fsp3) is 0.364. The van der Waals surface area contributed by atoms with E-state index in [1.165, 1.54) is 0 Å². The number of rotatable bonds is 7. The van der Waals surface area contributed by atoms with Crippen molar-refractivity contribution in [1.29, 1.82) is 0 Å². The molecule has 1 atom stereocenters. The van der Waals surface area contributed by atoms with Gasteiger partial charge in [0.05, 0.1) is 5.92 Å². The lowest BCUT2D eigenvalue weighted by molar-refractivity contribution is -0.118. The molecule has 4 nitrogen and oxygen atoms in total. The Morgan fingerprint density at radius 1 is 0.963 bits per heavy atom. The summed E-state index contributed by atoms with van der Waals surface area (Å²) < 4.78 is 0. The predicted octanol–water partition coefficient (Wildman–Crippen LogP) is 5.20. The van der Waals surface area contributed by atoms with Crippen molar-refractivity contribution in [2.75, 3.05) is 18.4 Å². The van der Waals surface area contributed by atoms with Gasteiger partial charge in [-0.05, 0) is 61.7 Å². The topological polar surface area (TPSA) is 49.4 Å². The fourth-order valence-electron chi connectivity index (χ4n) is 3.12. The lowest BCUT2D eigenvalue weighted by Gasteiger charge is -2.21. The lowest BCUT2D eigenvalue weighted by Crippen LogP contribution is -2.30. The van der Waals surface area contributed by atoms with E-state index in [1.807, 2.05) is 39.8 Å². The summed E-state index contributed by atoms with van der Waals surface area (Å²) in [5, 5.41) is 3.61. The third-order valence-corrected chi connectivity index (χ3v) is 4.88. The maximum atomic E-state index is 12.8. The monoisotopic (exact) mass is 386 g/mol. The number of nitrogens with one attached hydrogen (secondary N) is 1. The number of hydrogen-bond acceptors (Lipinski definition) is 2. The van der Waals surface area contributed by atoms with Gasteiger partial charge >= 0.3 is 0 Å². The van der Waals surface area contributed by atoms with Crippen molar-refractivity contribution >= 4 is 29.1 Å². The normalized spacial score (nSPS) is 11.9. The van der Waals surface area contributed by atoms with Crippen LogP contribution in [0, 0.1) is 5.92 Å². The molecule has 1 N–H and O–H groups in total. The van der Waals surface area contributed by atoms with Crippen molar-refractivity contribution in [3.8, 4) is 0 Å². The van der Waals surface area contributed by atoms with Crippen LogP contribution in [-0.4, -0.2) is 29.8 Å². The molecule has 0 heterocycles. The van der Waals surface area contributed by atoms with E-state index in [0.29, 0.717) is 29.4 Å². The first-order chi connectivity index (χ1) is 12.9. The molecule has 2 aromatic carbocycles. The number of amides is 2. The highest BCUT2D eigenvalue weighted by molar-refractivity contribution is 6.30. The van der Waals surface area contributed by atoms with E-state index in [-0.39, 0.29) is 23.7 Å². The highest BCUT2D eigenvalue weighted by Gasteiger charge is 2.24. The van der Waals surface area contributed by atoms with Crippen LogP contribution in [0.25, 0.3) is 0 Å². The summed E-state index contributed by atoms with van der Waals surface area (Å²) in [4.78, 5) is 27.0. The zero-order chi connectivity index (χ0) is 20.0. The maximum Gasteiger partial charge on any atom is 0.253 e. The number of nitrogens with zero attached hydrogens (tertiary/aromatic N) is 1. The van der Waals surface area contributed by atoms with Crippen LogP contribution in [0.2, 0.25) is 5.02 Å². The van der Waals surface area contributed by atoms with Gasteiger partial charge in [0.25, 0.3) is 5.91 Å². The van der Waals surface area contributed by atoms with Gasteiger partial charge in [0.2, 0.25) is 5.91 Å². The Labute approximate surface area is 166 Å². The Bertz CT molecular complexity index is 766. The molecule has 2 rings (SSSR count). The Balaban J connectivity index is 2.13. The van der Waals surface area contributed by atoms with E-state index in [4.69, 9.17) is 11.6 Å². The van der Waals surface area contributed by atoms with E-state index >= 15 is 0 Å². The zero-order valence-corrected chi connectivity index (χ0v) is 17.1. The molecule has 0 saturated carbocycles. The van der Waals surface area contributed by atoms with E-state index < -0.39 is 0 Å². The molecule has 0 radical (unpaired) electrons. The summed E-state index contributed by atoms with van der Waals surface area (Å²) in [6.45, 7) is 9.29. The smallest absolute Gasteiger partial charge is 0.253 e. The summed E-state index contributed by atoms with van der Waals surface area (Å²) >= 11 is 5.96. The van der Waals surface area contributed by atoms with Gasteiger partial charge in [-0.1, -0.05) is 37.6 Å². The molecule has 0 aliphatic rings. The van der Waals surface area contributed by atoms with E-state index in [0.717, 1.165) is 5.56 Å². The number of hydrogen-bond donors (Lipinski definition) is 1. The van der Waals surface area contributed by atoms with Gasteiger partial charge in [0, 0.05) is 29.4 Å².